The van der Waals surface area contributed by atoms with E-state index < -0.39 is 25.5 Å². The third-order valence-corrected chi connectivity index (χ3v) is 9.04. The summed E-state index contributed by atoms with van der Waals surface area (Å²) in [5.74, 6) is -0.868. The first-order chi connectivity index (χ1) is 13.9. The Kier molecular flexibility index (Phi) is 4.85. The van der Waals surface area contributed by atoms with Gasteiger partial charge in [0.05, 0.1) is 21.2 Å². The van der Waals surface area contributed by atoms with E-state index in [2.05, 4.69) is 5.10 Å². The van der Waals surface area contributed by atoms with E-state index in [4.69, 9.17) is 0 Å². The molecular formula is C20H24N2O6S2. The first-order valence-corrected chi connectivity index (χ1v) is 13.3. The van der Waals surface area contributed by atoms with E-state index in [1.54, 1.807) is 0 Å². The van der Waals surface area contributed by atoms with Crippen molar-refractivity contribution in [2.75, 3.05) is 12.0 Å². The van der Waals surface area contributed by atoms with Crippen molar-refractivity contribution in [2.45, 2.75) is 48.3 Å². The number of carbonyl (C=O) groups is 1. The van der Waals surface area contributed by atoms with Gasteiger partial charge in [-0.25, -0.2) is 21.5 Å². The Morgan fingerprint density at radius 2 is 1.80 bits per heavy atom. The number of aromatic nitrogens is 2. The number of hydrogen-bond donors (Lipinski definition) is 1. The van der Waals surface area contributed by atoms with Crippen LogP contribution in [0.1, 0.15) is 58.8 Å². The van der Waals surface area contributed by atoms with E-state index in [1.807, 2.05) is 0 Å². The maximum Gasteiger partial charge on any atom is 0.220 e. The van der Waals surface area contributed by atoms with E-state index in [0.717, 1.165) is 31.9 Å². The Balaban J connectivity index is 1.90. The molecule has 2 saturated carbocycles. The van der Waals surface area contributed by atoms with Gasteiger partial charge in [-0.1, -0.05) is 0 Å². The SMILES string of the molecule is Cc1c(C(=O)c2c(C3CC3)nn(C)c2O)ccc(S(C)(=O)=O)c1S(=O)(=O)CC1CC1. The molecule has 2 aromatic rings. The summed E-state index contributed by atoms with van der Waals surface area (Å²) in [6, 6.07) is 2.51. The van der Waals surface area contributed by atoms with Gasteiger partial charge < -0.3 is 5.11 Å². The highest BCUT2D eigenvalue weighted by atomic mass is 32.2. The van der Waals surface area contributed by atoms with Crippen molar-refractivity contribution < 1.29 is 26.7 Å². The van der Waals surface area contributed by atoms with Gasteiger partial charge in [-0.3, -0.25) is 4.79 Å². The molecule has 0 spiro atoms. The topological polar surface area (TPSA) is 123 Å². The third kappa shape index (κ3) is 3.66. The van der Waals surface area contributed by atoms with Crippen molar-refractivity contribution in [3.8, 4) is 5.88 Å². The van der Waals surface area contributed by atoms with Crippen LogP contribution in [0.3, 0.4) is 0 Å². The van der Waals surface area contributed by atoms with Crippen molar-refractivity contribution in [2.24, 2.45) is 13.0 Å². The van der Waals surface area contributed by atoms with Crippen molar-refractivity contribution in [3.63, 3.8) is 0 Å². The quantitative estimate of drug-likeness (QED) is 0.638. The van der Waals surface area contributed by atoms with Gasteiger partial charge in [0.25, 0.3) is 0 Å². The lowest BCUT2D eigenvalue weighted by Gasteiger charge is -2.15. The zero-order valence-electron chi connectivity index (χ0n) is 17.0. The smallest absolute Gasteiger partial charge is 0.220 e. The molecule has 10 heteroatoms. The van der Waals surface area contributed by atoms with E-state index in [0.29, 0.717) is 5.69 Å². The monoisotopic (exact) mass is 452 g/mol. The number of ketones is 1. The molecule has 162 valence electrons. The van der Waals surface area contributed by atoms with E-state index in [1.165, 1.54) is 30.8 Å². The van der Waals surface area contributed by atoms with Crippen molar-refractivity contribution >= 4 is 25.5 Å². The fourth-order valence-corrected chi connectivity index (χ4v) is 7.51. The van der Waals surface area contributed by atoms with Crippen LogP contribution >= 0.6 is 0 Å². The van der Waals surface area contributed by atoms with Crippen LogP contribution in [0.4, 0.5) is 0 Å². The molecule has 4 rings (SSSR count). The fraction of sp³-hybridized carbons (Fsp3) is 0.500. The van der Waals surface area contributed by atoms with Crippen LogP contribution in [0, 0.1) is 12.8 Å². The number of sulfone groups is 2. The standard InChI is InChI=1S/C20H24N2O6S2/c1-11-14(18(23)16-17(13-6-7-13)21-22(2)20(16)24)8-9-15(29(3,25)26)19(11)30(27,28)10-12-4-5-12/h8-9,12-13,24H,4-7,10H2,1-3H3. The summed E-state index contributed by atoms with van der Waals surface area (Å²) < 4.78 is 52.0. The van der Waals surface area contributed by atoms with Crippen LogP contribution in [-0.2, 0) is 26.7 Å². The number of benzene rings is 1. The predicted octanol–water partition coefficient (Wildman–Crippen LogP) is 2.13. The normalized spacial score (nSPS) is 17.3. The molecule has 0 radical (unpaired) electrons. The second-order valence-electron chi connectivity index (χ2n) is 8.37. The lowest BCUT2D eigenvalue weighted by molar-refractivity contribution is 0.103. The molecule has 1 heterocycles. The van der Waals surface area contributed by atoms with Crippen LogP contribution in [0.25, 0.3) is 0 Å². The second-order valence-corrected chi connectivity index (χ2v) is 12.3. The Labute approximate surface area is 175 Å². The summed E-state index contributed by atoms with van der Waals surface area (Å²) in [6.45, 7) is 1.45. The maximum atomic E-state index is 13.4. The van der Waals surface area contributed by atoms with Crippen molar-refractivity contribution in [3.05, 3.63) is 34.5 Å². The highest BCUT2D eigenvalue weighted by molar-refractivity contribution is 7.94. The molecule has 0 unspecified atom stereocenters. The van der Waals surface area contributed by atoms with Gasteiger partial charge in [-0.15, -0.1) is 0 Å². The van der Waals surface area contributed by atoms with Gasteiger partial charge in [0.15, 0.2) is 19.7 Å². The molecule has 1 aromatic heterocycles. The van der Waals surface area contributed by atoms with Crippen molar-refractivity contribution in [1.82, 2.24) is 9.78 Å². The first-order valence-electron chi connectivity index (χ1n) is 9.78. The number of aromatic hydroxyl groups is 1. The second kappa shape index (κ2) is 6.91. The Hall–Kier alpha value is -2.20. The number of rotatable bonds is 7. The van der Waals surface area contributed by atoms with Crippen LogP contribution in [0.5, 0.6) is 5.88 Å². The Bertz CT molecular complexity index is 1270. The number of carbonyl (C=O) groups excluding carboxylic acids is 1. The largest absolute Gasteiger partial charge is 0.493 e. The zero-order valence-corrected chi connectivity index (χ0v) is 18.7. The molecule has 0 saturated heterocycles. The summed E-state index contributed by atoms with van der Waals surface area (Å²) in [7, 11) is -6.22. The fourth-order valence-electron chi connectivity index (χ4n) is 3.80. The van der Waals surface area contributed by atoms with E-state index in [-0.39, 0.29) is 49.9 Å². The number of nitrogens with zero attached hydrogens (tertiary/aromatic N) is 2. The van der Waals surface area contributed by atoms with Crippen molar-refractivity contribution in [1.29, 1.82) is 0 Å². The van der Waals surface area contributed by atoms with Gasteiger partial charge in [0, 0.05) is 24.8 Å². The summed E-state index contributed by atoms with van der Waals surface area (Å²) in [5.41, 5.74) is 0.699. The minimum Gasteiger partial charge on any atom is -0.493 e. The molecule has 0 atom stereocenters. The molecule has 1 N–H and O–H groups in total. The van der Waals surface area contributed by atoms with Gasteiger partial charge in [-0.2, -0.15) is 5.10 Å². The highest BCUT2D eigenvalue weighted by Crippen LogP contribution is 2.44. The van der Waals surface area contributed by atoms with E-state index >= 15 is 0 Å². The molecule has 8 nitrogen and oxygen atoms in total. The Morgan fingerprint density at radius 3 is 2.33 bits per heavy atom. The van der Waals surface area contributed by atoms with Gasteiger partial charge >= 0.3 is 0 Å². The van der Waals surface area contributed by atoms with Gasteiger partial charge in [0.2, 0.25) is 11.7 Å². The molecular weight excluding hydrogens is 428 g/mol. The molecule has 0 aliphatic heterocycles. The molecule has 2 aliphatic rings. The highest BCUT2D eigenvalue weighted by Gasteiger charge is 2.37. The van der Waals surface area contributed by atoms with Crippen LogP contribution in [-0.4, -0.2) is 49.5 Å². The van der Waals surface area contributed by atoms with Crippen LogP contribution < -0.4 is 0 Å². The number of aryl methyl sites for hydroxylation is 1. The summed E-state index contributed by atoms with van der Waals surface area (Å²) in [5, 5.41) is 14.7. The van der Waals surface area contributed by atoms with Gasteiger partial charge in [0.1, 0.15) is 5.56 Å². The molecule has 0 bridgehead atoms. The molecule has 30 heavy (non-hydrogen) atoms. The molecule has 2 aliphatic carbocycles. The average Bonchev–Trinajstić information content (AvgIpc) is 3.54. The lowest BCUT2D eigenvalue weighted by atomic mass is 9.98. The van der Waals surface area contributed by atoms with Crippen LogP contribution in [0.15, 0.2) is 21.9 Å². The minimum atomic E-state index is -3.91. The summed E-state index contributed by atoms with van der Waals surface area (Å²) in [6.07, 6.45) is 4.27. The predicted molar refractivity (Wildman–Crippen MR) is 109 cm³/mol. The van der Waals surface area contributed by atoms with Crippen LogP contribution in [0.2, 0.25) is 0 Å². The maximum absolute atomic E-state index is 13.4. The average molecular weight is 453 g/mol. The summed E-state index contributed by atoms with van der Waals surface area (Å²) in [4.78, 5) is 12.8. The van der Waals surface area contributed by atoms with Gasteiger partial charge in [-0.05, 0) is 56.2 Å². The molecule has 0 amide bonds. The molecule has 1 aromatic carbocycles. The lowest BCUT2D eigenvalue weighted by Crippen LogP contribution is -2.18. The molecule has 2 fully saturated rings. The first kappa shape index (κ1) is 21.0. The van der Waals surface area contributed by atoms with E-state index in [9.17, 15) is 26.7 Å². The minimum absolute atomic E-state index is 0.0185. The zero-order chi connectivity index (χ0) is 22.0. The summed E-state index contributed by atoms with van der Waals surface area (Å²) >= 11 is 0. The number of hydrogen-bond acceptors (Lipinski definition) is 7. The third-order valence-electron chi connectivity index (χ3n) is 5.71. The Morgan fingerprint density at radius 1 is 1.17 bits per heavy atom.